The Hall–Kier alpha value is -4.09. The normalized spacial score (nSPS) is 15.6. The molecule has 0 radical (unpaired) electrons. The SMILES string of the molecule is COC(=O)c1nc(C=O)n2ccccc12.COC(=O)c1nc(CN2CCC(O)C2)n2ccccc12. The summed E-state index contributed by atoms with van der Waals surface area (Å²) < 4.78 is 12.8. The molecule has 0 amide bonds. The molecule has 1 atom stereocenters. The fourth-order valence-corrected chi connectivity index (χ4v) is 4.01. The number of aromatic nitrogens is 4. The summed E-state index contributed by atoms with van der Waals surface area (Å²) in [4.78, 5) is 44.3. The van der Waals surface area contributed by atoms with Crippen molar-refractivity contribution in [2.24, 2.45) is 0 Å². The molecule has 0 spiro atoms. The smallest absolute Gasteiger partial charge is 0.358 e. The van der Waals surface area contributed by atoms with Crippen molar-refractivity contribution in [1.82, 2.24) is 23.7 Å². The number of carbonyl (C=O) groups excluding carboxylic acids is 3. The molecule has 0 aliphatic carbocycles. The molecule has 11 heteroatoms. The predicted molar refractivity (Wildman–Crippen MR) is 124 cm³/mol. The van der Waals surface area contributed by atoms with Crippen molar-refractivity contribution in [1.29, 1.82) is 0 Å². The maximum Gasteiger partial charge on any atom is 0.358 e. The van der Waals surface area contributed by atoms with Crippen LogP contribution in [0.3, 0.4) is 0 Å². The first-order valence-electron chi connectivity index (χ1n) is 10.9. The van der Waals surface area contributed by atoms with Gasteiger partial charge in [0.1, 0.15) is 5.82 Å². The van der Waals surface area contributed by atoms with Gasteiger partial charge in [-0.2, -0.15) is 0 Å². The van der Waals surface area contributed by atoms with E-state index in [2.05, 4.69) is 19.6 Å². The van der Waals surface area contributed by atoms with E-state index in [0.717, 1.165) is 24.3 Å². The first-order valence-corrected chi connectivity index (χ1v) is 10.9. The Kier molecular flexibility index (Phi) is 7.18. The molecule has 35 heavy (non-hydrogen) atoms. The van der Waals surface area contributed by atoms with Crippen LogP contribution >= 0.6 is 0 Å². The second-order valence-corrected chi connectivity index (χ2v) is 7.89. The molecule has 182 valence electrons. The van der Waals surface area contributed by atoms with E-state index in [1.807, 2.05) is 28.8 Å². The van der Waals surface area contributed by atoms with E-state index in [0.29, 0.717) is 30.6 Å². The van der Waals surface area contributed by atoms with Crippen LogP contribution in [0.4, 0.5) is 0 Å². The molecule has 5 heterocycles. The Bertz CT molecular complexity index is 1380. The average molecular weight is 479 g/mol. The molecule has 0 aromatic carbocycles. The number of fused-ring (bicyclic) bond motifs is 2. The zero-order valence-corrected chi connectivity index (χ0v) is 19.3. The van der Waals surface area contributed by atoms with Crippen molar-refractivity contribution < 1.29 is 29.0 Å². The second-order valence-electron chi connectivity index (χ2n) is 7.89. The predicted octanol–water partition coefficient (Wildman–Crippen LogP) is 1.62. The number of aldehydes is 1. The number of likely N-dealkylation sites (tertiary alicyclic amines) is 1. The third kappa shape index (κ3) is 4.91. The monoisotopic (exact) mass is 479 g/mol. The number of nitrogens with zero attached hydrogens (tertiary/aromatic N) is 5. The van der Waals surface area contributed by atoms with E-state index < -0.39 is 11.9 Å². The number of aliphatic hydroxyl groups excluding tert-OH is 1. The Morgan fingerprint density at radius 2 is 1.60 bits per heavy atom. The molecule has 4 aromatic rings. The number of aliphatic hydroxyl groups is 1. The maximum atomic E-state index is 11.8. The van der Waals surface area contributed by atoms with Crippen molar-refractivity contribution in [3.05, 3.63) is 71.8 Å². The molecular formula is C24H25N5O6. The highest BCUT2D eigenvalue weighted by Crippen LogP contribution is 2.18. The van der Waals surface area contributed by atoms with E-state index >= 15 is 0 Å². The minimum absolute atomic E-state index is 0.153. The third-order valence-electron chi connectivity index (χ3n) is 5.67. The quantitative estimate of drug-likeness (QED) is 0.335. The fraction of sp³-hybridized carbons (Fsp3) is 0.292. The molecule has 11 nitrogen and oxygen atoms in total. The first-order chi connectivity index (χ1) is 17.0. The van der Waals surface area contributed by atoms with Crippen molar-refractivity contribution in [2.45, 2.75) is 19.1 Å². The topological polar surface area (TPSA) is 128 Å². The van der Waals surface area contributed by atoms with Gasteiger partial charge in [-0.05, 0) is 30.7 Å². The summed E-state index contributed by atoms with van der Waals surface area (Å²) in [5.74, 6) is -0.00527. The van der Waals surface area contributed by atoms with E-state index in [9.17, 15) is 19.5 Å². The van der Waals surface area contributed by atoms with Crippen LogP contribution in [-0.4, -0.2) is 80.4 Å². The lowest BCUT2D eigenvalue weighted by atomic mass is 10.3. The van der Waals surface area contributed by atoms with Crippen LogP contribution in [0.15, 0.2) is 48.8 Å². The highest BCUT2D eigenvalue weighted by atomic mass is 16.5. The zero-order chi connectivity index (χ0) is 24.9. The molecule has 0 bridgehead atoms. The third-order valence-corrected chi connectivity index (χ3v) is 5.67. The van der Waals surface area contributed by atoms with Gasteiger partial charge in [0.2, 0.25) is 0 Å². The van der Waals surface area contributed by atoms with Crippen molar-refractivity contribution in [2.75, 3.05) is 27.3 Å². The van der Waals surface area contributed by atoms with E-state index in [-0.39, 0.29) is 17.6 Å². The van der Waals surface area contributed by atoms with E-state index in [1.165, 1.54) is 14.2 Å². The summed E-state index contributed by atoms with van der Waals surface area (Å²) in [6, 6.07) is 10.8. The number of rotatable bonds is 5. The van der Waals surface area contributed by atoms with E-state index in [4.69, 9.17) is 4.74 Å². The zero-order valence-electron chi connectivity index (χ0n) is 19.3. The number of hydrogen-bond acceptors (Lipinski definition) is 9. The van der Waals surface area contributed by atoms with Gasteiger partial charge in [-0.25, -0.2) is 19.6 Å². The second kappa shape index (κ2) is 10.5. The number of methoxy groups -OCH3 is 2. The molecule has 1 aliphatic heterocycles. The number of hydrogen-bond donors (Lipinski definition) is 1. The van der Waals surface area contributed by atoms with Crippen LogP contribution in [0.2, 0.25) is 0 Å². The molecule has 1 fully saturated rings. The van der Waals surface area contributed by atoms with Crippen molar-refractivity contribution in [3.8, 4) is 0 Å². The number of carbonyl (C=O) groups is 3. The fourth-order valence-electron chi connectivity index (χ4n) is 4.01. The standard InChI is InChI=1S/C14H17N3O3.C10H8N2O3/c1-20-14(19)13-11-4-2-3-6-17(11)12(15-13)9-16-7-5-10(18)8-16;1-15-10(14)9-7-4-2-3-5-12(7)8(6-13)11-9/h2-4,6,10,18H,5,7-9H2,1H3;2-6H,1H3. The van der Waals surface area contributed by atoms with Gasteiger partial charge >= 0.3 is 11.9 Å². The van der Waals surface area contributed by atoms with Gasteiger partial charge in [-0.3, -0.25) is 14.1 Å². The summed E-state index contributed by atoms with van der Waals surface area (Å²) >= 11 is 0. The highest BCUT2D eigenvalue weighted by molar-refractivity contribution is 5.96. The number of esters is 2. The number of pyridine rings is 2. The van der Waals surface area contributed by atoms with Gasteiger partial charge in [0.05, 0.1) is 37.9 Å². The Labute approximate surface area is 200 Å². The lowest BCUT2D eigenvalue weighted by Crippen LogP contribution is -2.22. The summed E-state index contributed by atoms with van der Waals surface area (Å²) in [6.07, 6.45) is 4.67. The van der Waals surface area contributed by atoms with Crippen molar-refractivity contribution >= 4 is 29.3 Å². The highest BCUT2D eigenvalue weighted by Gasteiger charge is 2.24. The number of β-amino-alcohol motifs (C(OH)–C–C–N with tert-alkyl or cyclic N) is 1. The molecule has 1 N–H and O–H groups in total. The van der Waals surface area contributed by atoms with Crippen LogP contribution in [0.25, 0.3) is 11.0 Å². The molecule has 4 aromatic heterocycles. The average Bonchev–Trinajstić information content (AvgIpc) is 3.59. The minimum atomic E-state index is -0.549. The largest absolute Gasteiger partial charge is 0.464 e. The Morgan fingerprint density at radius 3 is 2.17 bits per heavy atom. The Morgan fingerprint density at radius 1 is 1.00 bits per heavy atom. The molecule has 5 rings (SSSR count). The minimum Gasteiger partial charge on any atom is -0.464 e. The lowest BCUT2D eigenvalue weighted by Gasteiger charge is -2.13. The number of ether oxygens (including phenoxy) is 2. The van der Waals surface area contributed by atoms with Crippen LogP contribution in [0, 0.1) is 0 Å². The van der Waals surface area contributed by atoms with Gasteiger partial charge in [0, 0.05) is 25.5 Å². The van der Waals surface area contributed by atoms with Crippen LogP contribution in [0.5, 0.6) is 0 Å². The lowest BCUT2D eigenvalue weighted by molar-refractivity contribution is 0.0588. The van der Waals surface area contributed by atoms with Crippen LogP contribution < -0.4 is 0 Å². The van der Waals surface area contributed by atoms with Crippen molar-refractivity contribution in [3.63, 3.8) is 0 Å². The molecule has 1 aliphatic rings. The molecule has 1 saturated heterocycles. The molecule has 1 unspecified atom stereocenters. The first kappa shape index (κ1) is 24.0. The summed E-state index contributed by atoms with van der Waals surface area (Å²) in [5.41, 5.74) is 1.79. The van der Waals surface area contributed by atoms with Crippen LogP contribution in [0.1, 0.15) is 43.8 Å². The van der Waals surface area contributed by atoms with E-state index in [1.54, 1.807) is 28.8 Å². The van der Waals surface area contributed by atoms with Gasteiger partial charge < -0.3 is 19.0 Å². The summed E-state index contributed by atoms with van der Waals surface area (Å²) in [5, 5.41) is 9.58. The van der Waals surface area contributed by atoms with Gasteiger partial charge in [-0.1, -0.05) is 12.1 Å². The summed E-state index contributed by atoms with van der Waals surface area (Å²) in [7, 11) is 2.63. The van der Waals surface area contributed by atoms with Gasteiger partial charge in [0.25, 0.3) is 0 Å². The molecule has 0 saturated carbocycles. The summed E-state index contributed by atoms with van der Waals surface area (Å²) in [6.45, 7) is 2.10. The van der Waals surface area contributed by atoms with Gasteiger partial charge in [0.15, 0.2) is 23.5 Å². The maximum absolute atomic E-state index is 11.8. The number of imidazole rings is 2. The van der Waals surface area contributed by atoms with Gasteiger partial charge in [-0.15, -0.1) is 0 Å². The molecular weight excluding hydrogens is 454 g/mol. The van der Waals surface area contributed by atoms with Crippen LogP contribution in [-0.2, 0) is 16.0 Å². The Balaban J connectivity index is 0.000000172.